The van der Waals surface area contributed by atoms with E-state index in [0.29, 0.717) is 6.10 Å². The van der Waals surface area contributed by atoms with Crippen molar-refractivity contribution in [2.45, 2.75) is 18.9 Å². The molecule has 0 saturated carbocycles. The molecule has 0 bridgehead atoms. The average molecular weight is 196 g/mol. The van der Waals surface area contributed by atoms with Gasteiger partial charge in [-0.2, -0.15) is 0 Å². The number of hydrogen-bond acceptors (Lipinski definition) is 1. The van der Waals surface area contributed by atoms with E-state index in [2.05, 4.69) is 5.32 Å². The minimum atomic E-state index is -0.214. The van der Waals surface area contributed by atoms with E-state index in [9.17, 15) is 4.39 Å². The van der Waals surface area contributed by atoms with E-state index < -0.39 is 0 Å². The van der Waals surface area contributed by atoms with Crippen molar-refractivity contribution in [2.24, 2.45) is 0 Å². The van der Waals surface area contributed by atoms with Crippen molar-refractivity contribution in [3.8, 4) is 5.75 Å². The van der Waals surface area contributed by atoms with Gasteiger partial charge in [-0.3, -0.25) is 0 Å². The second kappa shape index (κ2) is 4.42. The monoisotopic (exact) mass is 196 g/mol. The third kappa shape index (κ3) is 2.45. The maximum atomic E-state index is 12.6. The topological polar surface area (TPSA) is 25.8 Å². The van der Waals surface area contributed by atoms with Crippen LogP contribution < -0.4 is 10.1 Å². The number of hydrogen-bond donors (Lipinski definition) is 1. The summed E-state index contributed by atoms with van der Waals surface area (Å²) in [5.41, 5.74) is 0. The van der Waals surface area contributed by atoms with Gasteiger partial charge in [0.25, 0.3) is 0 Å². The van der Waals surface area contributed by atoms with Crippen molar-refractivity contribution in [3.05, 3.63) is 30.1 Å². The van der Waals surface area contributed by atoms with Crippen LogP contribution >= 0.6 is 0 Å². The van der Waals surface area contributed by atoms with Crippen LogP contribution in [0, 0.1) is 5.82 Å². The Labute approximate surface area is 83.1 Å². The fourth-order valence-corrected chi connectivity index (χ4v) is 1.72. The Morgan fingerprint density at radius 3 is 2.43 bits per heavy atom. The molecule has 1 fully saturated rings. The standard InChI is InChI=1S/C11H14FNO/c12-9-1-3-10(4-2-9)14-11-5-7-13-8-6-11/h1-4,11,13H,5-8H2/p+1. The summed E-state index contributed by atoms with van der Waals surface area (Å²) in [5, 5.41) is 2.30. The van der Waals surface area contributed by atoms with Gasteiger partial charge in [0, 0.05) is 12.8 Å². The van der Waals surface area contributed by atoms with Gasteiger partial charge in [0.1, 0.15) is 17.7 Å². The first-order chi connectivity index (χ1) is 6.84. The Kier molecular flexibility index (Phi) is 2.99. The highest BCUT2D eigenvalue weighted by Gasteiger charge is 2.16. The fourth-order valence-electron chi connectivity index (χ4n) is 1.72. The SMILES string of the molecule is Fc1ccc(OC2CC[NH2+]CC2)cc1. The van der Waals surface area contributed by atoms with Gasteiger partial charge in [-0.25, -0.2) is 4.39 Å². The minimum Gasteiger partial charge on any atom is -0.490 e. The second-order valence-corrected chi connectivity index (χ2v) is 3.64. The highest BCUT2D eigenvalue weighted by Crippen LogP contribution is 2.15. The molecule has 0 amide bonds. The molecule has 0 unspecified atom stereocenters. The molecule has 1 aliphatic rings. The van der Waals surface area contributed by atoms with Crippen molar-refractivity contribution in [1.82, 2.24) is 0 Å². The first-order valence-corrected chi connectivity index (χ1v) is 5.08. The quantitative estimate of drug-likeness (QED) is 0.748. The molecular weight excluding hydrogens is 181 g/mol. The summed E-state index contributed by atoms with van der Waals surface area (Å²) in [4.78, 5) is 0. The lowest BCUT2D eigenvalue weighted by atomic mass is 10.1. The Bertz CT molecular complexity index is 280. The Morgan fingerprint density at radius 2 is 1.79 bits per heavy atom. The van der Waals surface area contributed by atoms with Crippen LogP contribution in [0.5, 0.6) is 5.75 Å². The Morgan fingerprint density at radius 1 is 1.14 bits per heavy atom. The maximum absolute atomic E-state index is 12.6. The molecule has 76 valence electrons. The fraction of sp³-hybridized carbons (Fsp3) is 0.455. The Hall–Kier alpha value is -1.09. The summed E-state index contributed by atoms with van der Waals surface area (Å²) in [6, 6.07) is 6.25. The van der Waals surface area contributed by atoms with Gasteiger partial charge in [-0.15, -0.1) is 0 Å². The van der Waals surface area contributed by atoms with Crippen LogP contribution in [-0.4, -0.2) is 19.2 Å². The molecule has 2 rings (SSSR count). The molecule has 1 aromatic carbocycles. The summed E-state index contributed by atoms with van der Waals surface area (Å²) in [5.74, 6) is 0.563. The van der Waals surface area contributed by atoms with E-state index in [1.807, 2.05) is 0 Å². The highest BCUT2D eigenvalue weighted by molar-refractivity contribution is 5.22. The second-order valence-electron chi connectivity index (χ2n) is 3.64. The lowest BCUT2D eigenvalue weighted by Gasteiger charge is -2.21. The van der Waals surface area contributed by atoms with Gasteiger partial charge in [0.05, 0.1) is 13.1 Å². The highest BCUT2D eigenvalue weighted by atomic mass is 19.1. The molecule has 2 nitrogen and oxygen atoms in total. The summed E-state index contributed by atoms with van der Waals surface area (Å²) in [7, 11) is 0. The van der Waals surface area contributed by atoms with Gasteiger partial charge < -0.3 is 10.1 Å². The third-order valence-electron chi connectivity index (χ3n) is 2.50. The summed E-state index contributed by atoms with van der Waals surface area (Å²) < 4.78 is 18.3. The zero-order chi connectivity index (χ0) is 9.80. The third-order valence-corrected chi connectivity index (χ3v) is 2.50. The van der Waals surface area contributed by atoms with E-state index in [-0.39, 0.29) is 5.82 Å². The number of nitrogens with two attached hydrogens (primary N) is 1. The number of ether oxygens (including phenoxy) is 1. The van der Waals surface area contributed by atoms with Gasteiger partial charge >= 0.3 is 0 Å². The van der Waals surface area contributed by atoms with E-state index in [1.165, 1.54) is 12.1 Å². The number of halogens is 1. The van der Waals surface area contributed by atoms with Crippen molar-refractivity contribution in [2.75, 3.05) is 13.1 Å². The molecule has 14 heavy (non-hydrogen) atoms. The van der Waals surface area contributed by atoms with Crippen LogP contribution in [-0.2, 0) is 0 Å². The lowest BCUT2D eigenvalue weighted by molar-refractivity contribution is -0.664. The molecule has 2 N–H and O–H groups in total. The molecule has 0 spiro atoms. The molecule has 1 saturated heterocycles. The van der Waals surface area contributed by atoms with E-state index in [4.69, 9.17) is 4.74 Å². The van der Waals surface area contributed by atoms with E-state index in [0.717, 1.165) is 31.7 Å². The summed E-state index contributed by atoms with van der Waals surface area (Å²) in [6.45, 7) is 2.26. The number of benzene rings is 1. The molecule has 1 aromatic rings. The van der Waals surface area contributed by atoms with Crippen LogP contribution in [0.25, 0.3) is 0 Å². The number of piperidine rings is 1. The van der Waals surface area contributed by atoms with E-state index in [1.54, 1.807) is 12.1 Å². The van der Waals surface area contributed by atoms with Crippen molar-refractivity contribution in [3.63, 3.8) is 0 Å². The molecule has 0 aromatic heterocycles. The zero-order valence-corrected chi connectivity index (χ0v) is 8.08. The van der Waals surface area contributed by atoms with Gasteiger partial charge in [0.2, 0.25) is 0 Å². The van der Waals surface area contributed by atoms with Gasteiger partial charge in [-0.1, -0.05) is 0 Å². The number of quaternary nitrogens is 1. The van der Waals surface area contributed by atoms with Crippen LogP contribution in [0.2, 0.25) is 0 Å². The molecule has 0 radical (unpaired) electrons. The number of rotatable bonds is 2. The largest absolute Gasteiger partial charge is 0.490 e. The molecule has 1 aliphatic heterocycles. The van der Waals surface area contributed by atoms with Crippen LogP contribution in [0.4, 0.5) is 4.39 Å². The van der Waals surface area contributed by atoms with Gasteiger partial charge in [-0.05, 0) is 24.3 Å². The summed E-state index contributed by atoms with van der Waals surface area (Å²) in [6.07, 6.45) is 2.47. The molecular formula is C11H15FNO+. The molecule has 0 aliphatic carbocycles. The van der Waals surface area contributed by atoms with Crippen molar-refractivity contribution >= 4 is 0 Å². The van der Waals surface area contributed by atoms with E-state index >= 15 is 0 Å². The average Bonchev–Trinajstić information content (AvgIpc) is 2.23. The van der Waals surface area contributed by atoms with Crippen LogP contribution in [0.3, 0.4) is 0 Å². The van der Waals surface area contributed by atoms with Crippen molar-refractivity contribution in [1.29, 1.82) is 0 Å². The minimum absolute atomic E-state index is 0.214. The van der Waals surface area contributed by atoms with Crippen LogP contribution in [0.15, 0.2) is 24.3 Å². The first kappa shape index (κ1) is 9.46. The van der Waals surface area contributed by atoms with Crippen LogP contribution in [0.1, 0.15) is 12.8 Å². The zero-order valence-electron chi connectivity index (χ0n) is 8.08. The smallest absolute Gasteiger partial charge is 0.123 e. The van der Waals surface area contributed by atoms with Crippen molar-refractivity contribution < 1.29 is 14.4 Å². The molecule has 1 heterocycles. The summed E-state index contributed by atoms with van der Waals surface area (Å²) >= 11 is 0. The predicted molar refractivity (Wildman–Crippen MR) is 51.7 cm³/mol. The lowest BCUT2D eigenvalue weighted by Crippen LogP contribution is -2.86. The maximum Gasteiger partial charge on any atom is 0.123 e. The molecule has 0 atom stereocenters. The predicted octanol–water partition coefficient (Wildman–Crippen LogP) is 0.930. The Balaban J connectivity index is 1.92. The normalized spacial score (nSPS) is 18.1. The first-order valence-electron chi connectivity index (χ1n) is 5.08. The molecule has 3 heteroatoms. The van der Waals surface area contributed by atoms with Gasteiger partial charge in [0.15, 0.2) is 0 Å².